The third-order valence-corrected chi connectivity index (χ3v) is 7.25. The van der Waals surface area contributed by atoms with Crippen LogP contribution in [0.15, 0.2) is 48.5 Å². The number of aliphatic hydroxyl groups is 1. The molecule has 1 unspecified atom stereocenters. The van der Waals surface area contributed by atoms with Crippen molar-refractivity contribution >= 4 is 17.8 Å². The molecule has 1 aliphatic heterocycles. The largest absolute Gasteiger partial charge is 0.390 e. The smallest absolute Gasteiger partial charge is 0.251 e. The molecule has 2 aromatic rings. The molecule has 0 radical (unpaired) electrons. The summed E-state index contributed by atoms with van der Waals surface area (Å²) in [4.78, 5) is 27.5. The number of benzene rings is 2. The molecule has 1 fully saturated rings. The highest BCUT2D eigenvalue weighted by molar-refractivity contribution is 6.00. The summed E-state index contributed by atoms with van der Waals surface area (Å²) in [5.41, 5.74) is 2.84. The first-order valence-corrected chi connectivity index (χ1v) is 11.6. The van der Waals surface area contributed by atoms with Gasteiger partial charge in [-0.25, -0.2) is 0 Å². The van der Waals surface area contributed by atoms with Crippen LogP contribution in [0.3, 0.4) is 0 Å². The molecule has 4 N–H and O–H groups in total. The highest BCUT2D eigenvalue weighted by atomic mass is 16.3. The van der Waals surface area contributed by atoms with E-state index in [1.807, 2.05) is 51.1 Å². The van der Waals surface area contributed by atoms with Crippen LogP contribution in [0.2, 0.25) is 0 Å². The highest BCUT2D eigenvalue weighted by Crippen LogP contribution is 2.33. The van der Waals surface area contributed by atoms with E-state index in [-0.39, 0.29) is 23.3 Å². The number of rotatable bonds is 6. The van der Waals surface area contributed by atoms with E-state index in [9.17, 15) is 14.7 Å². The molecular formula is C26H32N4O3. The molecule has 4 rings (SSSR count). The standard InChI is InChI=1S/C26H32N4O3/c1-4-26(5-2)15-22(32)30(25(27)29-26)16(3)17-10-8-11-19(13-17)24(33)28-23-20-12-7-6-9-18(20)14-21(23)31/h6-13,16,21,23,31H,4-5,14-15H2,1-3H3,(H2,27,29)(H,28,33)/t16-,21-,23?/m1/s1. The fourth-order valence-corrected chi connectivity index (χ4v) is 5.00. The molecule has 0 spiro atoms. The number of hydrogen-bond donors (Lipinski definition) is 4. The normalized spacial score (nSPS) is 22.5. The molecule has 3 atom stereocenters. The number of carbonyl (C=O) groups excluding carboxylic acids is 2. The summed E-state index contributed by atoms with van der Waals surface area (Å²) in [6, 6.07) is 14.0. The molecule has 1 heterocycles. The maximum Gasteiger partial charge on any atom is 0.251 e. The third-order valence-electron chi connectivity index (χ3n) is 7.25. The number of aliphatic hydroxyl groups excluding tert-OH is 1. The van der Waals surface area contributed by atoms with Crippen molar-refractivity contribution in [3.63, 3.8) is 0 Å². The van der Waals surface area contributed by atoms with Gasteiger partial charge in [-0.15, -0.1) is 0 Å². The Morgan fingerprint density at radius 1 is 1.24 bits per heavy atom. The second-order valence-electron chi connectivity index (χ2n) is 9.12. The minimum absolute atomic E-state index is 0.0875. The van der Waals surface area contributed by atoms with Gasteiger partial charge in [0.05, 0.1) is 24.6 Å². The van der Waals surface area contributed by atoms with Gasteiger partial charge < -0.3 is 15.7 Å². The molecule has 7 heteroatoms. The number of carbonyl (C=O) groups is 2. The van der Waals surface area contributed by atoms with Crippen molar-refractivity contribution in [3.05, 3.63) is 70.8 Å². The molecule has 0 aromatic heterocycles. The van der Waals surface area contributed by atoms with Crippen LogP contribution < -0.4 is 10.6 Å². The molecule has 7 nitrogen and oxygen atoms in total. The molecular weight excluding hydrogens is 416 g/mol. The zero-order valence-corrected chi connectivity index (χ0v) is 19.4. The van der Waals surface area contributed by atoms with Crippen molar-refractivity contribution in [2.24, 2.45) is 0 Å². The van der Waals surface area contributed by atoms with Gasteiger partial charge >= 0.3 is 0 Å². The van der Waals surface area contributed by atoms with E-state index in [4.69, 9.17) is 5.41 Å². The summed E-state index contributed by atoms with van der Waals surface area (Å²) in [7, 11) is 0. The quantitative estimate of drug-likeness (QED) is 0.543. The molecule has 1 aliphatic carbocycles. The Balaban J connectivity index is 1.52. The van der Waals surface area contributed by atoms with Crippen molar-refractivity contribution in [2.75, 3.05) is 0 Å². The number of nitrogens with zero attached hydrogens (tertiary/aromatic N) is 1. The van der Waals surface area contributed by atoms with E-state index in [1.54, 1.807) is 18.2 Å². The van der Waals surface area contributed by atoms with Crippen molar-refractivity contribution in [3.8, 4) is 0 Å². The number of nitrogens with one attached hydrogen (secondary N) is 3. The van der Waals surface area contributed by atoms with Gasteiger partial charge in [0, 0.05) is 17.5 Å². The molecule has 2 aliphatic rings. The van der Waals surface area contributed by atoms with Crippen molar-refractivity contribution in [1.82, 2.24) is 15.5 Å². The zero-order chi connectivity index (χ0) is 23.8. The number of amides is 2. The van der Waals surface area contributed by atoms with Gasteiger partial charge in [-0.1, -0.05) is 50.2 Å². The Morgan fingerprint density at radius 3 is 2.67 bits per heavy atom. The van der Waals surface area contributed by atoms with Crippen LogP contribution in [0.4, 0.5) is 0 Å². The molecule has 1 saturated heterocycles. The molecule has 174 valence electrons. The van der Waals surface area contributed by atoms with Gasteiger partial charge in [-0.05, 0) is 48.6 Å². The minimum Gasteiger partial charge on any atom is -0.390 e. The van der Waals surface area contributed by atoms with E-state index in [0.717, 1.165) is 29.5 Å². The third kappa shape index (κ3) is 4.25. The average molecular weight is 449 g/mol. The van der Waals surface area contributed by atoms with Crippen LogP contribution in [0.25, 0.3) is 0 Å². The maximum absolute atomic E-state index is 13.0. The van der Waals surface area contributed by atoms with Crippen LogP contribution in [-0.4, -0.2) is 39.4 Å². The van der Waals surface area contributed by atoms with Crippen molar-refractivity contribution in [1.29, 1.82) is 5.41 Å². The Kier molecular flexibility index (Phi) is 6.26. The lowest BCUT2D eigenvalue weighted by Gasteiger charge is -2.44. The number of guanidine groups is 1. The van der Waals surface area contributed by atoms with Crippen LogP contribution >= 0.6 is 0 Å². The monoisotopic (exact) mass is 448 g/mol. The Bertz CT molecular complexity index is 1060. The summed E-state index contributed by atoms with van der Waals surface area (Å²) in [6.45, 7) is 5.92. The van der Waals surface area contributed by atoms with Gasteiger partial charge in [0.1, 0.15) is 0 Å². The first kappa shape index (κ1) is 23.0. The minimum atomic E-state index is -0.664. The van der Waals surface area contributed by atoms with E-state index in [0.29, 0.717) is 18.4 Å². The topological polar surface area (TPSA) is 106 Å². The number of hydrogen-bond acceptors (Lipinski definition) is 4. The van der Waals surface area contributed by atoms with Gasteiger partial charge in [-0.2, -0.15) is 0 Å². The van der Waals surface area contributed by atoms with Crippen LogP contribution in [0, 0.1) is 5.41 Å². The lowest BCUT2D eigenvalue weighted by Crippen LogP contribution is -2.62. The van der Waals surface area contributed by atoms with Gasteiger partial charge in [0.2, 0.25) is 5.91 Å². The van der Waals surface area contributed by atoms with Gasteiger partial charge in [0.15, 0.2) is 5.96 Å². The fourth-order valence-electron chi connectivity index (χ4n) is 5.00. The second-order valence-corrected chi connectivity index (χ2v) is 9.12. The lowest BCUT2D eigenvalue weighted by atomic mass is 9.86. The summed E-state index contributed by atoms with van der Waals surface area (Å²) < 4.78 is 0. The Hall–Kier alpha value is -3.19. The second kappa shape index (κ2) is 8.98. The lowest BCUT2D eigenvalue weighted by molar-refractivity contribution is -0.132. The first-order valence-electron chi connectivity index (χ1n) is 11.6. The molecule has 0 bridgehead atoms. The van der Waals surface area contributed by atoms with E-state index >= 15 is 0 Å². The summed E-state index contributed by atoms with van der Waals surface area (Å²) in [5.74, 6) is -0.266. The van der Waals surface area contributed by atoms with Crippen molar-refractivity contribution < 1.29 is 14.7 Å². The predicted molar refractivity (Wildman–Crippen MR) is 127 cm³/mol. The Morgan fingerprint density at radius 2 is 1.97 bits per heavy atom. The van der Waals surface area contributed by atoms with Crippen LogP contribution in [-0.2, 0) is 11.2 Å². The first-order chi connectivity index (χ1) is 15.8. The van der Waals surface area contributed by atoms with E-state index < -0.39 is 18.2 Å². The maximum atomic E-state index is 13.0. The van der Waals surface area contributed by atoms with Gasteiger partial charge in [0.25, 0.3) is 5.91 Å². The SMILES string of the molecule is CCC1(CC)CC(=O)N([C@H](C)c2cccc(C(=O)NC3c4ccccc4C[C@H]3O)c2)C(=N)N1. The van der Waals surface area contributed by atoms with Crippen LogP contribution in [0.5, 0.6) is 0 Å². The molecule has 2 amide bonds. The average Bonchev–Trinajstić information content (AvgIpc) is 3.13. The van der Waals surface area contributed by atoms with E-state index in [1.165, 1.54) is 4.90 Å². The Labute approximate surface area is 194 Å². The summed E-state index contributed by atoms with van der Waals surface area (Å²) >= 11 is 0. The number of fused-ring (bicyclic) bond motifs is 1. The van der Waals surface area contributed by atoms with E-state index in [2.05, 4.69) is 10.6 Å². The predicted octanol–water partition coefficient (Wildman–Crippen LogP) is 3.45. The van der Waals surface area contributed by atoms with Crippen LogP contribution in [0.1, 0.15) is 79.2 Å². The molecule has 2 aromatic carbocycles. The summed E-state index contributed by atoms with van der Waals surface area (Å²) in [5, 5.41) is 25.2. The van der Waals surface area contributed by atoms with Gasteiger partial charge in [-0.3, -0.25) is 19.9 Å². The zero-order valence-electron chi connectivity index (χ0n) is 19.4. The fraction of sp³-hybridized carbons (Fsp3) is 0.423. The van der Waals surface area contributed by atoms with Crippen molar-refractivity contribution in [2.45, 2.75) is 70.2 Å². The summed E-state index contributed by atoms with van der Waals surface area (Å²) in [6.07, 6.45) is 1.73. The highest BCUT2D eigenvalue weighted by Gasteiger charge is 2.41. The molecule has 33 heavy (non-hydrogen) atoms. The molecule has 0 saturated carbocycles.